The van der Waals surface area contributed by atoms with E-state index in [0.717, 1.165) is 5.56 Å². The van der Waals surface area contributed by atoms with Crippen LogP contribution in [0.3, 0.4) is 0 Å². The Kier molecular flexibility index (Phi) is 3.04. The summed E-state index contributed by atoms with van der Waals surface area (Å²) in [7, 11) is 0. The summed E-state index contributed by atoms with van der Waals surface area (Å²) in [4.78, 5) is 21.6. The third-order valence-electron chi connectivity index (χ3n) is 2.96. The summed E-state index contributed by atoms with van der Waals surface area (Å²) >= 11 is 0. The Morgan fingerprint density at radius 1 is 1.50 bits per heavy atom. The number of nitrogens with zero attached hydrogens (tertiary/aromatic N) is 1. The van der Waals surface area contributed by atoms with Gasteiger partial charge in [-0.2, -0.15) is 0 Å². The van der Waals surface area contributed by atoms with Gasteiger partial charge >= 0.3 is 5.97 Å². The quantitative estimate of drug-likeness (QED) is 0.352. The first-order chi connectivity index (χ1) is 8.49. The molecule has 1 fully saturated rings. The van der Waals surface area contributed by atoms with Gasteiger partial charge in [-0.1, -0.05) is 0 Å². The zero-order valence-corrected chi connectivity index (χ0v) is 10.1. The van der Waals surface area contributed by atoms with Crippen LogP contribution in [0.15, 0.2) is 24.3 Å². The molecule has 6 heteroatoms. The molecule has 0 aliphatic carbocycles. The van der Waals surface area contributed by atoms with Crippen molar-refractivity contribution in [2.24, 2.45) is 0 Å². The predicted molar refractivity (Wildman–Crippen MR) is 62.0 cm³/mol. The number of carbonyl (C=O) groups is 1. The van der Waals surface area contributed by atoms with Gasteiger partial charge in [0.25, 0.3) is 5.69 Å². The number of nitro groups is 1. The molecule has 0 amide bonds. The van der Waals surface area contributed by atoms with Crippen LogP contribution < -0.4 is 0 Å². The molecule has 0 N–H and O–H groups in total. The predicted octanol–water partition coefficient (Wildman–Crippen LogP) is 1.77. The lowest BCUT2D eigenvalue weighted by molar-refractivity contribution is -0.384. The molecule has 0 radical (unpaired) electrons. The maximum atomic E-state index is 11.5. The third-order valence-corrected chi connectivity index (χ3v) is 2.96. The molecule has 1 aromatic carbocycles. The topological polar surface area (TPSA) is 82.0 Å². The minimum absolute atomic E-state index is 0.00989. The first kappa shape index (κ1) is 12.5. The number of hydrogen-bond donors (Lipinski definition) is 0. The maximum absolute atomic E-state index is 11.5. The summed E-state index contributed by atoms with van der Waals surface area (Å²) in [6.45, 7) is 3.79. The Morgan fingerprint density at radius 3 is 2.61 bits per heavy atom. The van der Waals surface area contributed by atoms with Crippen molar-refractivity contribution in [3.63, 3.8) is 0 Å². The van der Waals surface area contributed by atoms with Gasteiger partial charge in [-0.3, -0.25) is 10.1 Å². The molecule has 96 valence electrons. The molecule has 2 atom stereocenters. The van der Waals surface area contributed by atoms with E-state index in [9.17, 15) is 14.9 Å². The van der Waals surface area contributed by atoms with E-state index in [4.69, 9.17) is 9.47 Å². The van der Waals surface area contributed by atoms with Crippen molar-refractivity contribution < 1.29 is 19.2 Å². The smallest absolute Gasteiger partial charge is 0.338 e. The molecule has 2 rings (SSSR count). The van der Waals surface area contributed by atoms with Gasteiger partial charge < -0.3 is 9.47 Å². The summed E-state index contributed by atoms with van der Waals surface area (Å²) < 4.78 is 10.2. The monoisotopic (exact) mass is 251 g/mol. The van der Waals surface area contributed by atoms with Crippen molar-refractivity contribution in [3.8, 4) is 0 Å². The van der Waals surface area contributed by atoms with Crippen LogP contribution in [0.1, 0.15) is 19.4 Å². The molecule has 1 heterocycles. The highest BCUT2D eigenvalue weighted by molar-refractivity contribution is 5.79. The van der Waals surface area contributed by atoms with E-state index in [-0.39, 0.29) is 5.69 Å². The fraction of sp³-hybridized carbons (Fsp3) is 0.417. The standard InChI is InChI=1S/C12H13NO5/c1-3-17-11(14)10-12(2,18-10)8-4-6-9(7-5-8)13(15)16/h4-7,10H,3H2,1-2H3. The zero-order chi connectivity index (χ0) is 13.3. The van der Waals surface area contributed by atoms with Gasteiger partial charge in [0.1, 0.15) is 5.60 Å². The van der Waals surface area contributed by atoms with Crippen LogP contribution in [0.5, 0.6) is 0 Å². The van der Waals surface area contributed by atoms with Crippen LogP contribution >= 0.6 is 0 Å². The van der Waals surface area contributed by atoms with Crippen molar-refractivity contribution in [3.05, 3.63) is 39.9 Å². The second-order valence-corrected chi connectivity index (χ2v) is 4.16. The average molecular weight is 251 g/mol. The number of nitro benzene ring substituents is 1. The average Bonchev–Trinajstić information content (AvgIpc) is 3.04. The lowest BCUT2D eigenvalue weighted by Gasteiger charge is -2.06. The number of rotatable bonds is 4. The van der Waals surface area contributed by atoms with Gasteiger partial charge in [-0.25, -0.2) is 4.79 Å². The van der Waals surface area contributed by atoms with E-state index in [0.29, 0.717) is 6.61 Å². The van der Waals surface area contributed by atoms with Crippen LogP contribution in [0.4, 0.5) is 5.69 Å². The van der Waals surface area contributed by atoms with E-state index in [1.54, 1.807) is 26.0 Å². The molecular formula is C12H13NO5. The number of ether oxygens (including phenoxy) is 2. The molecular weight excluding hydrogens is 238 g/mol. The molecule has 0 bridgehead atoms. The molecule has 0 aromatic heterocycles. The van der Waals surface area contributed by atoms with Gasteiger partial charge in [0.05, 0.1) is 11.5 Å². The zero-order valence-electron chi connectivity index (χ0n) is 10.1. The van der Waals surface area contributed by atoms with Crippen molar-refractivity contribution in [2.75, 3.05) is 6.61 Å². The number of non-ortho nitro benzene ring substituents is 1. The van der Waals surface area contributed by atoms with Gasteiger partial charge in [-0.05, 0) is 31.5 Å². The van der Waals surface area contributed by atoms with Crippen molar-refractivity contribution in [1.29, 1.82) is 0 Å². The number of hydrogen-bond acceptors (Lipinski definition) is 5. The first-order valence-electron chi connectivity index (χ1n) is 5.58. The van der Waals surface area contributed by atoms with E-state index in [1.165, 1.54) is 12.1 Å². The number of benzene rings is 1. The van der Waals surface area contributed by atoms with Gasteiger partial charge in [0, 0.05) is 12.1 Å². The van der Waals surface area contributed by atoms with Gasteiger partial charge in [0.2, 0.25) is 0 Å². The van der Waals surface area contributed by atoms with Gasteiger partial charge in [0.15, 0.2) is 6.10 Å². The molecule has 1 aliphatic heterocycles. The highest BCUT2D eigenvalue weighted by atomic mass is 16.7. The minimum atomic E-state index is -0.735. The SMILES string of the molecule is CCOC(=O)C1OC1(C)c1ccc([N+](=O)[O-])cc1. The molecule has 0 saturated carbocycles. The fourth-order valence-electron chi connectivity index (χ4n) is 1.84. The Labute approximate surface area is 104 Å². The van der Waals surface area contributed by atoms with E-state index in [2.05, 4.69) is 0 Å². The van der Waals surface area contributed by atoms with Crippen LogP contribution in [0.25, 0.3) is 0 Å². The maximum Gasteiger partial charge on any atom is 0.338 e. The normalized spacial score (nSPS) is 25.6. The van der Waals surface area contributed by atoms with Crippen LogP contribution in [0, 0.1) is 10.1 Å². The summed E-state index contributed by atoms with van der Waals surface area (Å²) in [6, 6.07) is 5.98. The molecule has 2 unspecified atom stereocenters. The van der Waals surface area contributed by atoms with Crippen molar-refractivity contribution >= 4 is 11.7 Å². The second kappa shape index (κ2) is 4.38. The Bertz CT molecular complexity index is 484. The van der Waals surface area contributed by atoms with E-state index < -0.39 is 22.6 Å². The van der Waals surface area contributed by atoms with Crippen LogP contribution in [-0.2, 0) is 19.9 Å². The highest BCUT2D eigenvalue weighted by Gasteiger charge is 2.59. The second-order valence-electron chi connectivity index (χ2n) is 4.16. The van der Waals surface area contributed by atoms with E-state index in [1.807, 2.05) is 0 Å². The van der Waals surface area contributed by atoms with Gasteiger partial charge in [-0.15, -0.1) is 0 Å². The molecule has 1 aliphatic rings. The molecule has 1 saturated heterocycles. The largest absolute Gasteiger partial charge is 0.464 e. The number of epoxide rings is 1. The molecule has 18 heavy (non-hydrogen) atoms. The number of carbonyl (C=O) groups excluding carboxylic acids is 1. The third kappa shape index (κ3) is 2.06. The van der Waals surface area contributed by atoms with Crippen LogP contribution in [-0.4, -0.2) is 23.6 Å². The molecule has 1 aromatic rings. The Balaban J connectivity index is 2.13. The lowest BCUT2D eigenvalue weighted by atomic mass is 9.97. The summed E-state index contributed by atoms with van der Waals surface area (Å²) in [5, 5.41) is 10.5. The first-order valence-corrected chi connectivity index (χ1v) is 5.58. The Morgan fingerprint density at radius 2 is 2.11 bits per heavy atom. The highest BCUT2D eigenvalue weighted by Crippen LogP contribution is 2.46. The van der Waals surface area contributed by atoms with Crippen molar-refractivity contribution in [2.45, 2.75) is 25.6 Å². The molecule has 0 spiro atoms. The lowest BCUT2D eigenvalue weighted by Crippen LogP contribution is -2.18. The summed E-state index contributed by atoms with van der Waals surface area (Å²) in [5.74, 6) is -0.404. The van der Waals surface area contributed by atoms with Crippen molar-refractivity contribution in [1.82, 2.24) is 0 Å². The minimum Gasteiger partial charge on any atom is -0.464 e. The molecule has 6 nitrogen and oxygen atoms in total. The fourth-order valence-corrected chi connectivity index (χ4v) is 1.84. The van der Waals surface area contributed by atoms with Crippen LogP contribution in [0.2, 0.25) is 0 Å². The summed E-state index contributed by atoms with van der Waals surface area (Å²) in [6.07, 6.45) is -0.626. The summed E-state index contributed by atoms with van der Waals surface area (Å²) in [5.41, 5.74) is 0.00307. The Hall–Kier alpha value is -1.95. The number of esters is 1. The van der Waals surface area contributed by atoms with E-state index >= 15 is 0 Å².